The SMILES string of the molecule is CCOCCN(CC)C(=O)C(C)(N)C1CC1. The number of hydrogen-bond donors (Lipinski definition) is 1. The number of likely N-dealkylation sites (N-methyl/N-ethyl adjacent to an activating group) is 1. The van der Waals surface area contributed by atoms with Gasteiger partial charge in [0.2, 0.25) is 5.91 Å². The Kier molecular flexibility index (Phi) is 4.74. The highest BCUT2D eigenvalue weighted by molar-refractivity contribution is 5.86. The number of rotatable bonds is 7. The minimum absolute atomic E-state index is 0.0669. The topological polar surface area (TPSA) is 55.6 Å². The first-order valence-electron chi connectivity index (χ1n) is 6.20. The van der Waals surface area contributed by atoms with Crippen LogP contribution in [0, 0.1) is 5.92 Å². The third-order valence-electron chi connectivity index (χ3n) is 3.26. The molecule has 0 radical (unpaired) electrons. The molecule has 0 aromatic carbocycles. The van der Waals surface area contributed by atoms with Crippen molar-refractivity contribution in [2.24, 2.45) is 11.7 Å². The Labute approximate surface area is 98.1 Å². The van der Waals surface area contributed by atoms with Crippen molar-refractivity contribution in [3.05, 3.63) is 0 Å². The molecule has 0 aromatic rings. The maximum absolute atomic E-state index is 12.2. The van der Waals surface area contributed by atoms with E-state index >= 15 is 0 Å². The fourth-order valence-electron chi connectivity index (χ4n) is 1.92. The van der Waals surface area contributed by atoms with Crippen molar-refractivity contribution in [2.45, 2.75) is 39.2 Å². The van der Waals surface area contributed by atoms with E-state index in [1.54, 1.807) is 4.90 Å². The predicted molar refractivity (Wildman–Crippen MR) is 64.1 cm³/mol. The molecule has 0 bridgehead atoms. The number of ether oxygens (including phenoxy) is 1. The zero-order valence-corrected chi connectivity index (χ0v) is 10.7. The molecule has 0 spiro atoms. The van der Waals surface area contributed by atoms with Gasteiger partial charge in [0.05, 0.1) is 12.1 Å². The van der Waals surface area contributed by atoms with Gasteiger partial charge in [-0.05, 0) is 39.5 Å². The number of hydrogen-bond acceptors (Lipinski definition) is 3. The van der Waals surface area contributed by atoms with Gasteiger partial charge < -0.3 is 15.4 Å². The lowest BCUT2D eigenvalue weighted by Crippen LogP contribution is -2.55. The largest absolute Gasteiger partial charge is 0.380 e. The highest BCUT2D eigenvalue weighted by Gasteiger charge is 2.45. The van der Waals surface area contributed by atoms with E-state index in [1.807, 2.05) is 20.8 Å². The van der Waals surface area contributed by atoms with E-state index in [0.717, 1.165) is 12.8 Å². The summed E-state index contributed by atoms with van der Waals surface area (Å²) in [5, 5.41) is 0. The highest BCUT2D eigenvalue weighted by atomic mass is 16.5. The van der Waals surface area contributed by atoms with Gasteiger partial charge in [0, 0.05) is 19.7 Å². The van der Waals surface area contributed by atoms with Crippen molar-refractivity contribution in [2.75, 3.05) is 26.3 Å². The molecule has 1 atom stereocenters. The van der Waals surface area contributed by atoms with Crippen molar-refractivity contribution >= 4 is 5.91 Å². The fraction of sp³-hybridized carbons (Fsp3) is 0.917. The first-order chi connectivity index (χ1) is 7.54. The van der Waals surface area contributed by atoms with Crippen LogP contribution >= 0.6 is 0 Å². The number of amides is 1. The molecule has 16 heavy (non-hydrogen) atoms. The van der Waals surface area contributed by atoms with Crippen LogP contribution in [0.25, 0.3) is 0 Å². The first kappa shape index (κ1) is 13.5. The van der Waals surface area contributed by atoms with E-state index in [4.69, 9.17) is 10.5 Å². The lowest BCUT2D eigenvalue weighted by molar-refractivity contribution is -0.137. The molecule has 1 aliphatic rings. The molecule has 1 fully saturated rings. The number of nitrogens with zero attached hydrogens (tertiary/aromatic N) is 1. The summed E-state index contributed by atoms with van der Waals surface area (Å²) in [7, 11) is 0. The van der Waals surface area contributed by atoms with Crippen molar-refractivity contribution in [3.8, 4) is 0 Å². The zero-order chi connectivity index (χ0) is 12.2. The van der Waals surface area contributed by atoms with Gasteiger partial charge in [0.15, 0.2) is 0 Å². The van der Waals surface area contributed by atoms with Crippen LogP contribution in [0.4, 0.5) is 0 Å². The van der Waals surface area contributed by atoms with Gasteiger partial charge in [-0.15, -0.1) is 0 Å². The molecule has 1 unspecified atom stereocenters. The van der Waals surface area contributed by atoms with Crippen LogP contribution in [0.3, 0.4) is 0 Å². The quantitative estimate of drug-likeness (QED) is 0.661. The average Bonchev–Trinajstić information content (AvgIpc) is 3.07. The Balaban J connectivity index is 2.47. The van der Waals surface area contributed by atoms with Crippen molar-refractivity contribution in [1.29, 1.82) is 0 Å². The van der Waals surface area contributed by atoms with Crippen LogP contribution in [0.15, 0.2) is 0 Å². The molecule has 1 saturated carbocycles. The van der Waals surface area contributed by atoms with Gasteiger partial charge in [-0.2, -0.15) is 0 Å². The Morgan fingerprint density at radius 3 is 2.56 bits per heavy atom. The molecule has 0 heterocycles. The normalized spacial score (nSPS) is 19.2. The second kappa shape index (κ2) is 5.64. The Morgan fingerprint density at radius 2 is 2.12 bits per heavy atom. The summed E-state index contributed by atoms with van der Waals surface area (Å²) in [5.41, 5.74) is 5.44. The molecule has 4 heteroatoms. The average molecular weight is 228 g/mol. The third-order valence-corrected chi connectivity index (χ3v) is 3.26. The molecule has 0 aliphatic heterocycles. The standard InChI is InChI=1S/C12H24N2O2/c1-4-14(8-9-16-5-2)11(15)12(3,13)10-6-7-10/h10H,4-9,13H2,1-3H3. The number of carbonyl (C=O) groups is 1. The van der Waals surface area contributed by atoms with Crippen molar-refractivity contribution in [1.82, 2.24) is 4.90 Å². The van der Waals surface area contributed by atoms with Gasteiger partial charge in [-0.25, -0.2) is 0 Å². The van der Waals surface area contributed by atoms with E-state index in [2.05, 4.69) is 0 Å². The Morgan fingerprint density at radius 1 is 1.50 bits per heavy atom. The van der Waals surface area contributed by atoms with E-state index in [1.165, 1.54) is 0 Å². The zero-order valence-electron chi connectivity index (χ0n) is 10.7. The van der Waals surface area contributed by atoms with Gasteiger partial charge in [-0.3, -0.25) is 4.79 Å². The third kappa shape index (κ3) is 3.19. The molecular weight excluding hydrogens is 204 g/mol. The number of nitrogens with two attached hydrogens (primary N) is 1. The second-order valence-corrected chi connectivity index (χ2v) is 4.64. The smallest absolute Gasteiger partial charge is 0.242 e. The van der Waals surface area contributed by atoms with E-state index < -0.39 is 5.54 Å². The summed E-state index contributed by atoms with van der Waals surface area (Å²) in [6, 6.07) is 0. The second-order valence-electron chi connectivity index (χ2n) is 4.64. The van der Waals surface area contributed by atoms with Crippen LogP contribution in [0.2, 0.25) is 0 Å². The van der Waals surface area contributed by atoms with Gasteiger partial charge in [-0.1, -0.05) is 0 Å². The fourth-order valence-corrected chi connectivity index (χ4v) is 1.92. The van der Waals surface area contributed by atoms with E-state index in [0.29, 0.717) is 32.2 Å². The van der Waals surface area contributed by atoms with Crippen LogP contribution in [0.1, 0.15) is 33.6 Å². The summed E-state index contributed by atoms with van der Waals surface area (Å²) in [6.45, 7) is 8.41. The summed E-state index contributed by atoms with van der Waals surface area (Å²) in [5.74, 6) is 0.443. The molecule has 2 N–H and O–H groups in total. The van der Waals surface area contributed by atoms with Crippen LogP contribution in [0.5, 0.6) is 0 Å². The molecule has 0 saturated heterocycles. The Bertz CT molecular complexity index is 237. The predicted octanol–water partition coefficient (Wildman–Crippen LogP) is 0.999. The van der Waals surface area contributed by atoms with Gasteiger partial charge >= 0.3 is 0 Å². The summed E-state index contributed by atoms with van der Waals surface area (Å²) < 4.78 is 5.27. The monoisotopic (exact) mass is 228 g/mol. The van der Waals surface area contributed by atoms with Gasteiger partial charge in [0.25, 0.3) is 0 Å². The molecule has 4 nitrogen and oxygen atoms in total. The summed E-state index contributed by atoms with van der Waals surface area (Å²) in [6.07, 6.45) is 2.17. The highest BCUT2D eigenvalue weighted by Crippen LogP contribution is 2.38. The van der Waals surface area contributed by atoms with Crippen LogP contribution in [-0.2, 0) is 9.53 Å². The van der Waals surface area contributed by atoms with E-state index in [9.17, 15) is 4.79 Å². The molecule has 1 aliphatic carbocycles. The van der Waals surface area contributed by atoms with E-state index in [-0.39, 0.29) is 5.91 Å². The minimum atomic E-state index is -0.678. The van der Waals surface area contributed by atoms with Crippen molar-refractivity contribution < 1.29 is 9.53 Å². The Hall–Kier alpha value is -0.610. The van der Waals surface area contributed by atoms with Crippen LogP contribution in [-0.4, -0.2) is 42.6 Å². The lowest BCUT2D eigenvalue weighted by atomic mass is 9.95. The molecular formula is C12H24N2O2. The molecule has 0 aromatic heterocycles. The summed E-state index contributed by atoms with van der Waals surface area (Å²) >= 11 is 0. The number of carbonyl (C=O) groups excluding carboxylic acids is 1. The molecule has 1 rings (SSSR count). The summed E-state index contributed by atoms with van der Waals surface area (Å²) in [4.78, 5) is 14.0. The molecule has 94 valence electrons. The van der Waals surface area contributed by atoms with Crippen molar-refractivity contribution in [3.63, 3.8) is 0 Å². The maximum Gasteiger partial charge on any atom is 0.242 e. The molecule has 1 amide bonds. The minimum Gasteiger partial charge on any atom is -0.380 e. The maximum atomic E-state index is 12.2. The first-order valence-corrected chi connectivity index (χ1v) is 6.20. The van der Waals surface area contributed by atoms with Gasteiger partial charge in [0.1, 0.15) is 0 Å². The lowest BCUT2D eigenvalue weighted by Gasteiger charge is -2.31. The van der Waals surface area contributed by atoms with Crippen LogP contribution < -0.4 is 5.73 Å².